The molecule has 2 heterocycles. The second-order valence-corrected chi connectivity index (χ2v) is 10.6. The largest absolute Gasteiger partial charge is 0.354 e. The molecule has 2 heteroatoms. The molecule has 9 rings (SSSR count). The van der Waals surface area contributed by atoms with Crippen molar-refractivity contribution in [3.05, 3.63) is 140 Å². The second kappa shape index (κ2) is 8.08. The molecule has 0 fully saturated rings. The topological polar surface area (TPSA) is 20.7 Å². The third kappa shape index (κ3) is 2.93. The van der Waals surface area contributed by atoms with Crippen molar-refractivity contribution in [1.82, 2.24) is 9.55 Å². The maximum absolute atomic E-state index is 3.77. The van der Waals surface area contributed by atoms with E-state index in [0.29, 0.717) is 0 Å². The number of nitrogens with zero attached hydrogens (tertiary/aromatic N) is 1. The predicted molar refractivity (Wildman–Crippen MR) is 171 cm³/mol. The van der Waals surface area contributed by atoms with Crippen LogP contribution in [-0.2, 0) is 0 Å². The molecule has 0 saturated carbocycles. The first kappa shape index (κ1) is 21.6. The van der Waals surface area contributed by atoms with Gasteiger partial charge in [0.1, 0.15) is 0 Å². The van der Waals surface area contributed by atoms with Crippen LogP contribution in [0.5, 0.6) is 0 Å². The highest BCUT2D eigenvalue weighted by Crippen LogP contribution is 2.41. The molecular formula is C38H24N2. The van der Waals surface area contributed by atoms with Gasteiger partial charge in [-0.05, 0) is 51.6 Å². The van der Waals surface area contributed by atoms with Crippen molar-refractivity contribution in [3.63, 3.8) is 0 Å². The average molecular weight is 509 g/mol. The van der Waals surface area contributed by atoms with Crippen molar-refractivity contribution in [2.45, 2.75) is 0 Å². The fourth-order valence-corrected chi connectivity index (χ4v) is 6.72. The van der Waals surface area contributed by atoms with Crippen molar-refractivity contribution >= 4 is 65.2 Å². The van der Waals surface area contributed by atoms with Crippen LogP contribution in [0.1, 0.15) is 0 Å². The van der Waals surface area contributed by atoms with Crippen LogP contribution in [0.25, 0.3) is 82.0 Å². The van der Waals surface area contributed by atoms with E-state index in [-0.39, 0.29) is 0 Å². The van der Waals surface area contributed by atoms with Gasteiger partial charge in [0, 0.05) is 38.1 Å². The molecule has 0 atom stereocenters. The summed E-state index contributed by atoms with van der Waals surface area (Å²) in [5, 5.41) is 10.1. The van der Waals surface area contributed by atoms with E-state index in [0.717, 1.165) is 5.69 Å². The molecule has 1 N–H and O–H groups in total. The standard InChI is InChI=1S/C38H24N2/c1-2-10-28-24(8-1)9-7-13-29(28)25-16-20-27(21-17-25)40-35-15-6-4-12-31(35)33-23-19-26-18-22-32-30-11-3-5-14-34(30)39-37(32)36(26)38(33)40/h1-23,39H. The number of H-pyrrole nitrogens is 1. The zero-order chi connectivity index (χ0) is 26.2. The summed E-state index contributed by atoms with van der Waals surface area (Å²) in [6.45, 7) is 0. The van der Waals surface area contributed by atoms with Crippen LogP contribution < -0.4 is 0 Å². The smallest absolute Gasteiger partial charge is 0.0640 e. The molecule has 9 aromatic rings. The fraction of sp³-hybridized carbons (Fsp3) is 0. The Labute approximate surface area is 230 Å². The van der Waals surface area contributed by atoms with E-state index in [2.05, 4.69) is 149 Å². The lowest BCUT2D eigenvalue weighted by molar-refractivity contribution is 1.19. The number of benzene rings is 7. The summed E-state index contributed by atoms with van der Waals surface area (Å²) >= 11 is 0. The first-order valence-corrected chi connectivity index (χ1v) is 13.8. The highest BCUT2D eigenvalue weighted by atomic mass is 15.0. The lowest BCUT2D eigenvalue weighted by Gasteiger charge is -2.12. The quantitative estimate of drug-likeness (QED) is 0.240. The molecule has 0 spiro atoms. The van der Waals surface area contributed by atoms with Crippen molar-refractivity contribution in [3.8, 4) is 16.8 Å². The summed E-state index contributed by atoms with van der Waals surface area (Å²) in [5.74, 6) is 0. The van der Waals surface area contributed by atoms with E-state index in [4.69, 9.17) is 0 Å². The maximum Gasteiger partial charge on any atom is 0.0640 e. The normalized spacial score (nSPS) is 12.0. The van der Waals surface area contributed by atoms with E-state index < -0.39 is 0 Å². The van der Waals surface area contributed by atoms with Gasteiger partial charge in [0.15, 0.2) is 0 Å². The Balaban J connectivity index is 1.36. The molecule has 186 valence electrons. The molecule has 0 amide bonds. The molecule has 0 bridgehead atoms. The highest BCUT2D eigenvalue weighted by molar-refractivity contribution is 6.27. The van der Waals surface area contributed by atoms with Crippen LogP contribution in [0.3, 0.4) is 0 Å². The molecule has 0 aliphatic rings. The summed E-state index contributed by atoms with van der Waals surface area (Å²) in [6.07, 6.45) is 0. The maximum atomic E-state index is 3.77. The number of hydrogen-bond donors (Lipinski definition) is 1. The van der Waals surface area contributed by atoms with Crippen LogP contribution in [0, 0.1) is 0 Å². The molecule has 0 unspecified atom stereocenters. The number of aromatic nitrogens is 2. The Morgan fingerprint density at radius 1 is 0.450 bits per heavy atom. The van der Waals surface area contributed by atoms with Gasteiger partial charge in [0.05, 0.1) is 16.6 Å². The first-order chi connectivity index (χ1) is 19.8. The minimum atomic E-state index is 1.16. The van der Waals surface area contributed by atoms with Crippen molar-refractivity contribution in [1.29, 1.82) is 0 Å². The van der Waals surface area contributed by atoms with E-state index in [1.165, 1.54) is 76.3 Å². The number of fused-ring (bicyclic) bond motifs is 10. The predicted octanol–water partition coefficient (Wildman–Crippen LogP) is 10.4. The summed E-state index contributed by atoms with van der Waals surface area (Å²) < 4.78 is 2.45. The number of rotatable bonds is 2. The minimum Gasteiger partial charge on any atom is -0.354 e. The molecule has 0 radical (unpaired) electrons. The van der Waals surface area contributed by atoms with Crippen molar-refractivity contribution < 1.29 is 0 Å². The zero-order valence-corrected chi connectivity index (χ0v) is 21.7. The average Bonchev–Trinajstić information content (AvgIpc) is 3.57. The monoisotopic (exact) mass is 508 g/mol. The lowest BCUT2D eigenvalue weighted by atomic mass is 9.98. The zero-order valence-electron chi connectivity index (χ0n) is 21.7. The van der Waals surface area contributed by atoms with Gasteiger partial charge < -0.3 is 9.55 Å². The molecule has 2 nitrogen and oxygen atoms in total. The van der Waals surface area contributed by atoms with E-state index >= 15 is 0 Å². The lowest BCUT2D eigenvalue weighted by Crippen LogP contribution is -1.95. The number of hydrogen-bond acceptors (Lipinski definition) is 0. The van der Waals surface area contributed by atoms with Gasteiger partial charge >= 0.3 is 0 Å². The summed E-state index contributed by atoms with van der Waals surface area (Å²) in [4.78, 5) is 3.77. The van der Waals surface area contributed by atoms with E-state index in [9.17, 15) is 0 Å². The summed E-state index contributed by atoms with van der Waals surface area (Å²) in [6, 6.07) is 50.7. The van der Waals surface area contributed by atoms with Crippen molar-refractivity contribution in [2.75, 3.05) is 0 Å². The molecule has 0 saturated heterocycles. The Hall–Kier alpha value is -5.34. The first-order valence-electron chi connectivity index (χ1n) is 13.8. The van der Waals surface area contributed by atoms with E-state index in [1.807, 2.05) is 0 Å². The fourth-order valence-electron chi connectivity index (χ4n) is 6.72. The third-order valence-corrected chi connectivity index (χ3v) is 8.52. The molecule has 40 heavy (non-hydrogen) atoms. The van der Waals surface area contributed by atoms with Crippen LogP contribution in [-0.4, -0.2) is 9.55 Å². The van der Waals surface area contributed by atoms with Gasteiger partial charge in [-0.3, -0.25) is 0 Å². The molecule has 0 aliphatic heterocycles. The highest BCUT2D eigenvalue weighted by Gasteiger charge is 2.18. The number of nitrogens with one attached hydrogen (secondary N) is 1. The Bertz CT molecular complexity index is 2410. The van der Waals surface area contributed by atoms with Crippen LogP contribution in [0.15, 0.2) is 140 Å². The van der Waals surface area contributed by atoms with Gasteiger partial charge in [0.2, 0.25) is 0 Å². The van der Waals surface area contributed by atoms with Crippen LogP contribution in [0.4, 0.5) is 0 Å². The number of para-hydroxylation sites is 2. The molecular weight excluding hydrogens is 484 g/mol. The van der Waals surface area contributed by atoms with Gasteiger partial charge in [-0.2, -0.15) is 0 Å². The van der Waals surface area contributed by atoms with Gasteiger partial charge in [0.25, 0.3) is 0 Å². The molecule has 2 aromatic heterocycles. The van der Waals surface area contributed by atoms with Gasteiger partial charge in [-0.1, -0.05) is 115 Å². The number of aromatic amines is 1. The van der Waals surface area contributed by atoms with Gasteiger partial charge in [-0.25, -0.2) is 0 Å². The summed E-state index contributed by atoms with van der Waals surface area (Å²) in [7, 11) is 0. The van der Waals surface area contributed by atoms with Crippen LogP contribution >= 0.6 is 0 Å². The second-order valence-electron chi connectivity index (χ2n) is 10.6. The Morgan fingerprint density at radius 2 is 1.15 bits per heavy atom. The SMILES string of the molecule is c1ccc2c(-c3ccc(-n4c5ccccc5c5ccc6ccc7c8ccccc8[nH]c7c6c54)cc3)cccc2c1. The Kier molecular flexibility index (Phi) is 4.36. The summed E-state index contributed by atoms with van der Waals surface area (Å²) in [5.41, 5.74) is 8.48. The van der Waals surface area contributed by atoms with Crippen LogP contribution in [0.2, 0.25) is 0 Å². The van der Waals surface area contributed by atoms with Crippen molar-refractivity contribution in [2.24, 2.45) is 0 Å². The minimum absolute atomic E-state index is 1.16. The molecule has 7 aromatic carbocycles. The third-order valence-electron chi connectivity index (χ3n) is 8.52. The van der Waals surface area contributed by atoms with E-state index in [1.54, 1.807) is 0 Å². The van der Waals surface area contributed by atoms with Gasteiger partial charge in [-0.15, -0.1) is 0 Å². The Morgan fingerprint density at radius 3 is 2.02 bits per heavy atom. The molecule has 0 aliphatic carbocycles.